The number of piperidine rings is 1. The average molecular weight is 621 g/mol. The van der Waals surface area contributed by atoms with Crippen molar-refractivity contribution >= 4 is 45.1 Å². The maximum atomic E-state index is 13.7. The third kappa shape index (κ3) is 6.11. The van der Waals surface area contributed by atoms with Crippen LogP contribution in [0, 0.1) is 5.82 Å². The Kier molecular flexibility index (Phi) is 8.17. The van der Waals surface area contributed by atoms with E-state index in [-0.39, 0.29) is 33.5 Å². The average Bonchev–Trinajstić information content (AvgIpc) is 3.40. The highest BCUT2D eigenvalue weighted by Crippen LogP contribution is 2.34. The van der Waals surface area contributed by atoms with Crippen molar-refractivity contribution in [2.75, 3.05) is 13.1 Å². The summed E-state index contributed by atoms with van der Waals surface area (Å²) in [5.41, 5.74) is -0.510. The number of hydrogen-bond acceptors (Lipinski definition) is 11. The van der Waals surface area contributed by atoms with Gasteiger partial charge in [-0.15, -0.1) is 5.06 Å². The molecule has 1 fully saturated rings. The summed E-state index contributed by atoms with van der Waals surface area (Å²) in [7, 11) is 0. The summed E-state index contributed by atoms with van der Waals surface area (Å²) in [6.45, 7) is 5.57. The second-order valence-electron chi connectivity index (χ2n) is 8.95. The summed E-state index contributed by atoms with van der Waals surface area (Å²) >= 11 is 1.81. The summed E-state index contributed by atoms with van der Waals surface area (Å²) in [6.07, 6.45) is 0.456. The molecule has 0 saturated carbocycles. The number of amides is 1. The van der Waals surface area contributed by atoms with Gasteiger partial charge in [-0.3, -0.25) is 9.08 Å². The molecule has 200 valence electrons. The number of benzene rings is 1. The lowest BCUT2D eigenvalue weighted by atomic mass is 10.1. The number of nitrogens with zero attached hydrogens (tertiary/aromatic N) is 6. The Morgan fingerprint density at radius 1 is 1.35 bits per heavy atom. The van der Waals surface area contributed by atoms with Crippen LogP contribution in [0.1, 0.15) is 33.6 Å². The van der Waals surface area contributed by atoms with Crippen LogP contribution >= 0.6 is 27.7 Å². The van der Waals surface area contributed by atoms with Crippen LogP contribution < -0.4 is 5.76 Å². The van der Waals surface area contributed by atoms with Gasteiger partial charge in [-0.1, -0.05) is 16.9 Å². The standard InChI is InChI=1S/C20H22BrFN6O7S2/c1-20(2,3)28(37(31)32)19(30)34-26-8-4-5-12(10-26)36-17-15(23-35-25-17)16-24-33-18(29)27(16)11-6-7-14(22)13(21)9-11/h6-7,9,12H,4-5,8,10H2,1-3H3,(H,31,32)/t12-/m0/s1. The van der Waals surface area contributed by atoms with Gasteiger partial charge in [-0.25, -0.2) is 27.4 Å². The SMILES string of the molecule is CC(C)(C)N(C(=O)ON1CCC[C@H](Sc2nonc2-c2noc(=O)n2-c2ccc(F)c(Br)c2)C1)S(=O)O. The fourth-order valence-electron chi connectivity index (χ4n) is 3.61. The fraction of sp³-hybridized carbons (Fsp3) is 0.450. The first kappa shape index (κ1) is 27.4. The minimum Gasteiger partial charge on any atom is -0.350 e. The summed E-state index contributed by atoms with van der Waals surface area (Å²) in [5.74, 6) is -1.31. The molecule has 1 N–H and O–H groups in total. The van der Waals surface area contributed by atoms with E-state index in [9.17, 15) is 22.7 Å². The lowest BCUT2D eigenvalue weighted by Crippen LogP contribution is -2.50. The summed E-state index contributed by atoms with van der Waals surface area (Å²) in [6, 6.07) is 3.96. The number of carbonyl (C=O) groups is 1. The van der Waals surface area contributed by atoms with E-state index in [1.807, 2.05) is 0 Å². The van der Waals surface area contributed by atoms with E-state index in [1.54, 1.807) is 20.8 Å². The predicted octanol–water partition coefficient (Wildman–Crippen LogP) is 3.62. The molecule has 13 nitrogen and oxygen atoms in total. The molecule has 1 amide bonds. The molecule has 0 bridgehead atoms. The van der Waals surface area contributed by atoms with Gasteiger partial charge in [-0.2, -0.15) is 4.31 Å². The molecule has 3 aromatic rings. The van der Waals surface area contributed by atoms with E-state index >= 15 is 0 Å². The van der Waals surface area contributed by atoms with Gasteiger partial charge >= 0.3 is 11.8 Å². The largest absolute Gasteiger partial charge is 0.446 e. The number of halogens is 2. The molecule has 2 aromatic heterocycles. The Morgan fingerprint density at radius 2 is 2.11 bits per heavy atom. The summed E-state index contributed by atoms with van der Waals surface area (Å²) in [5, 5.41) is 13.2. The summed E-state index contributed by atoms with van der Waals surface area (Å²) < 4.78 is 46.7. The zero-order valence-corrected chi connectivity index (χ0v) is 23.0. The van der Waals surface area contributed by atoms with Gasteiger partial charge in [0.25, 0.3) is 11.3 Å². The molecule has 2 atom stereocenters. The second kappa shape index (κ2) is 11.0. The van der Waals surface area contributed by atoms with Crippen LogP contribution in [0.15, 0.2) is 41.6 Å². The van der Waals surface area contributed by atoms with Gasteiger partial charge < -0.3 is 4.84 Å². The highest BCUT2D eigenvalue weighted by atomic mass is 79.9. The fourth-order valence-corrected chi connectivity index (χ4v) is 5.76. The van der Waals surface area contributed by atoms with Crippen molar-refractivity contribution in [3.05, 3.63) is 39.0 Å². The van der Waals surface area contributed by atoms with Crippen LogP contribution in [-0.4, -0.2) is 68.1 Å². The van der Waals surface area contributed by atoms with Gasteiger partial charge in [0.05, 0.1) is 15.7 Å². The zero-order valence-electron chi connectivity index (χ0n) is 19.8. The monoisotopic (exact) mass is 620 g/mol. The second-order valence-corrected chi connectivity index (χ2v) is 11.9. The van der Waals surface area contributed by atoms with Crippen LogP contribution in [0.3, 0.4) is 0 Å². The van der Waals surface area contributed by atoms with Gasteiger partial charge in [-0.05, 0) is 78.1 Å². The van der Waals surface area contributed by atoms with Crippen LogP contribution in [0.5, 0.6) is 0 Å². The van der Waals surface area contributed by atoms with E-state index in [4.69, 9.17) is 14.0 Å². The Morgan fingerprint density at radius 3 is 2.78 bits per heavy atom. The quantitative estimate of drug-likeness (QED) is 0.400. The number of aromatic nitrogens is 4. The van der Waals surface area contributed by atoms with E-state index < -0.39 is 34.5 Å². The molecule has 0 aliphatic carbocycles. The number of hydroxylamine groups is 2. The van der Waals surface area contributed by atoms with Crippen molar-refractivity contribution in [2.24, 2.45) is 0 Å². The molecule has 37 heavy (non-hydrogen) atoms. The first-order valence-electron chi connectivity index (χ1n) is 10.9. The molecule has 1 saturated heterocycles. The molecule has 1 aliphatic rings. The lowest BCUT2D eigenvalue weighted by Gasteiger charge is -2.35. The smallest absolute Gasteiger partial charge is 0.350 e. The lowest BCUT2D eigenvalue weighted by molar-refractivity contribution is -0.119. The molecule has 3 heterocycles. The molecule has 1 unspecified atom stereocenters. The minimum absolute atomic E-state index is 0.0117. The highest BCUT2D eigenvalue weighted by molar-refractivity contribution is 9.10. The third-order valence-electron chi connectivity index (χ3n) is 5.19. The third-order valence-corrected chi connectivity index (χ3v) is 8.02. The Labute approximate surface area is 224 Å². The topological polar surface area (TPSA) is 157 Å². The number of hydrogen-bond donors (Lipinski definition) is 1. The molecular weight excluding hydrogens is 599 g/mol. The van der Waals surface area contributed by atoms with Gasteiger partial charge in [0.15, 0.2) is 10.7 Å². The summed E-state index contributed by atoms with van der Waals surface area (Å²) in [4.78, 5) is 30.4. The predicted molar refractivity (Wildman–Crippen MR) is 132 cm³/mol. The number of carbonyl (C=O) groups excluding carboxylic acids is 1. The van der Waals surface area contributed by atoms with Crippen LogP contribution in [-0.2, 0) is 16.1 Å². The maximum Gasteiger partial charge on any atom is 0.446 e. The van der Waals surface area contributed by atoms with Crippen molar-refractivity contribution in [3.63, 3.8) is 0 Å². The first-order chi connectivity index (χ1) is 17.5. The highest BCUT2D eigenvalue weighted by Gasteiger charge is 2.36. The maximum absolute atomic E-state index is 13.7. The molecule has 1 aromatic carbocycles. The van der Waals surface area contributed by atoms with Gasteiger partial charge in [0, 0.05) is 18.3 Å². The Bertz CT molecular complexity index is 1370. The molecule has 0 spiro atoms. The molecule has 0 radical (unpaired) electrons. The van der Waals surface area contributed by atoms with Crippen LogP contribution in [0.2, 0.25) is 0 Å². The normalized spacial score (nSPS) is 17.5. The van der Waals surface area contributed by atoms with Crippen LogP contribution in [0.25, 0.3) is 17.2 Å². The molecule has 17 heteroatoms. The van der Waals surface area contributed by atoms with Crippen molar-refractivity contribution in [1.29, 1.82) is 0 Å². The van der Waals surface area contributed by atoms with Gasteiger partial charge in [0.1, 0.15) is 5.82 Å². The van der Waals surface area contributed by atoms with Crippen molar-refractivity contribution in [3.8, 4) is 17.2 Å². The Balaban J connectivity index is 1.52. The zero-order chi connectivity index (χ0) is 26.9. The number of rotatable bonds is 6. The Hall–Kier alpha value is -2.60. The molecule has 4 rings (SSSR count). The van der Waals surface area contributed by atoms with Crippen molar-refractivity contribution < 1.29 is 31.9 Å². The van der Waals surface area contributed by atoms with Crippen LogP contribution in [0.4, 0.5) is 9.18 Å². The molecular formula is C20H22BrFN6O7S2. The van der Waals surface area contributed by atoms with E-state index in [0.717, 1.165) is 15.3 Å². The van der Waals surface area contributed by atoms with Crippen molar-refractivity contribution in [2.45, 2.75) is 49.4 Å². The van der Waals surface area contributed by atoms with E-state index in [0.29, 0.717) is 18.0 Å². The van der Waals surface area contributed by atoms with Gasteiger partial charge in [0.2, 0.25) is 5.82 Å². The van der Waals surface area contributed by atoms with E-state index in [2.05, 4.69) is 31.4 Å². The van der Waals surface area contributed by atoms with E-state index in [1.165, 1.54) is 35.0 Å². The van der Waals surface area contributed by atoms with Crippen molar-refractivity contribution in [1.82, 2.24) is 29.4 Å². The molecule has 1 aliphatic heterocycles. The minimum atomic E-state index is -2.56. The number of thioether (sulfide) groups is 1. The first-order valence-corrected chi connectivity index (χ1v) is 13.6.